The van der Waals surface area contributed by atoms with Crippen molar-refractivity contribution in [1.82, 2.24) is 0 Å². The molecule has 0 bridgehead atoms. The predicted molar refractivity (Wildman–Crippen MR) is 74.3 cm³/mol. The highest BCUT2D eigenvalue weighted by molar-refractivity contribution is 5.80. The zero-order chi connectivity index (χ0) is 15.0. The molecule has 0 amide bonds. The van der Waals surface area contributed by atoms with Crippen LogP contribution in [-0.4, -0.2) is 31.0 Å². The Hall–Kier alpha value is -1.95. The minimum atomic E-state index is -0.550. The summed E-state index contributed by atoms with van der Waals surface area (Å²) in [5.41, 5.74) is 0.0361. The third-order valence-corrected chi connectivity index (χ3v) is 2.66. The molecule has 6 heteroatoms. The fourth-order valence-electron chi connectivity index (χ4n) is 1.50. The van der Waals surface area contributed by atoms with Crippen LogP contribution in [-0.2, 0) is 4.74 Å². The van der Waals surface area contributed by atoms with E-state index in [0.29, 0.717) is 37.8 Å². The quantitative estimate of drug-likeness (QED) is 0.301. The summed E-state index contributed by atoms with van der Waals surface area (Å²) in [6.45, 7) is 5.63. The average molecular weight is 281 g/mol. The zero-order valence-electron chi connectivity index (χ0n) is 11.7. The Morgan fingerprint density at radius 1 is 1.30 bits per heavy atom. The van der Waals surface area contributed by atoms with Crippen LogP contribution in [0.2, 0.25) is 0 Å². The minimum absolute atomic E-state index is 0.132. The van der Waals surface area contributed by atoms with Crippen LogP contribution in [0.3, 0.4) is 0 Å². The van der Waals surface area contributed by atoms with Crippen molar-refractivity contribution >= 4 is 12.0 Å². The van der Waals surface area contributed by atoms with Crippen LogP contribution < -0.4 is 4.74 Å². The lowest BCUT2D eigenvalue weighted by Crippen LogP contribution is -2.09. The normalized spacial score (nSPS) is 10.6. The molecule has 0 aliphatic rings. The lowest BCUT2D eigenvalue weighted by molar-refractivity contribution is -0.384. The van der Waals surface area contributed by atoms with E-state index >= 15 is 0 Å². The van der Waals surface area contributed by atoms with Crippen molar-refractivity contribution in [1.29, 1.82) is 0 Å². The number of carbonyl (C=O) groups is 1. The van der Waals surface area contributed by atoms with Crippen LogP contribution in [0, 0.1) is 16.0 Å². The van der Waals surface area contributed by atoms with Crippen molar-refractivity contribution < 1.29 is 19.2 Å². The molecule has 6 nitrogen and oxygen atoms in total. The molecular weight excluding hydrogens is 262 g/mol. The SMILES string of the molecule is CC(C)CCOCCOc1ccc([N+](=O)[O-])cc1C=O. The number of hydrogen-bond acceptors (Lipinski definition) is 5. The fraction of sp³-hybridized carbons (Fsp3) is 0.500. The van der Waals surface area contributed by atoms with Gasteiger partial charge in [-0.25, -0.2) is 0 Å². The van der Waals surface area contributed by atoms with Crippen LogP contribution in [0.4, 0.5) is 5.69 Å². The van der Waals surface area contributed by atoms with Gasteiger partial charge in [0.05, 0.1) is 17.1 Å². The van der Waals surface area contributed by atoms with Crippen LogP contribution in [0.25, 0.3) is 0 Å². The van der Waals surface area contributed by atoms with Gasteiger partial charge in [0.2, 0.25) is 0 Å². The van der Waals surface area contributed by atoms with Crippen LogP contribution in [0.1, 0.15) is 30.6 Å². The van der Waals surface area contributed by atoms with Crippen LogP contribution >= 0.6 is 0 Å². The number of nitrogens with zero attached hydrogens (tertiary/aromatic N) is 1. The molecule has 0 radical (unpaired) electrons. The van der Waals surface area contributed by atoms with Gasteiger partial charge < -0.3 is 9.47 Å². The van der Waals surface area contributed by atoms with Crippen molar-refractivity contribution in [2.24, 2.45) is 5.92 Å². The molecule has 0 aliphatic carbocycles. The molecule has 0 spiro atoms. The molecule has 0 heterocycles. The molecule has 0 aromatic heterocycles. The summed E-state index contributed by atoms with van der Waals surface area (Å²) in [4.78, 5) is 20.9. The highest BCUT2D eigenvalue weighted by atomic mass is 16.6. The number of aldehydes is 1. The lowest BCUT2D eigenvalue weighted by Gasteiger charge is -2.09. The highest BCUT2D eigenvalue weighted by Crippen LogP contribution is 2.22. The Labute approximate surface area is 117 Å². The molecule has 0 saturated heterocycles. The average Bonchev–Trinajstić information content (AvgIpc) is 2.42. The smallest absolute Gasteiger partial charge is 0.270 e. The summed E-state index contributed by atoms with van der Waals surface area (Å²) in [7, 11) is 0. The molecule has 20 heavy (non-hydrogen) atoms. The summed E-state index contributed by atoms with van der Waals surface area (Å²) in [6.07, 6.45) is 1.53. The van der Waals surface area contributed by atoms with Crippen LogP contribution in [0.15, 0.2) is 18.2 Å². The standard InChI is InChI=1S/C14H19NO5/c1-11(2)5-6-19-7-8-20-14-4-3-13(15(17)18)9-12(14)10-16/h3-4,9-11H,5-8H2,1-2H3. The second-order valence-electron chi connectivity index (χ2n) is 4.74. The molecule has 0 fully saturated rings. The van der Waals surface area contributed by atoms with E-state index in [4.69, 9.17) is 9.47 Å². The van der Waals surface area contributed by atoms with E-state index in [0.717, 1.165) is 6.42 Å². The van der Waals surface area contributed by atoms with Crippen molar-refractivity contribution in [3.05, 3.63) is 33.9 Å². The third kappa shape index (κ3) is 5.36. The van der Waals surface area contributed by atoms with E-state index < -0.39 is 4.92 Å². The van der Waals surface area contributed by atoms with Gasteiger partial charge in [-0.3, -0.25) is 14.9 Å². The number of nitro benzene ring substituents is 1. The summed E-state index contributed by atoms with van der Waals surface area (Å²) in [5.74, 6) is 0.922. The monoisotopic (exact) mass is 281 g/mol. The minimum Gasteiger partial charge on any atom is -0.490 e. The summed E-state index contributed by atoms with van der Waals surface area (Å²) in [5, 5.41) is 10.6. The molecule has 0 aliphatic heterocycles. The van der Waals surface area contributed by atoms with E-state index in [1.54, 1.807) is 0 Å². The maximum Gasteiger partial charge on any atom is 0.270 e. The van der Waals surface area contributed by atoms with E-state index in [2.05, 4.69) is 13.8 Å². The lowest BCUT2D eigenvalue weighted by atomic mass is 10.1. The number of nitro groups is 1. The van der Waals surface area contributed by atoms with Crippen molar-refractivity contribution in [3.8, 4) is 5.75 Å². The Morgan fingerprint density at radius 3 is 2.65 bits per heavy atom. The van der Waals surface area contributed by atoms with E-state index in [1.165, 1.54) is 18.2 Å². The number of non-ortho nitro benzene ring substituents is 1. The first-order valence-electron chi connectivity index (χ1n) is 6.48. The van der Waals surface area contributed by atoms with E-state index in [9.17, 15) is 14.9 Å². The molecule has 110 valence electrons. The number of ether oxygens (including phenoxy) is 2. The van der Waals surface area contributed by atoms with Gasteiger partial charge in [0.25, 0.3) is 5.69 Å². The van der Waals surface area contributed by atoms with Crippen LogP contribution in [0.5, 0.6) is 5.75 Å². The predicted octanol–water partition coefficient (Wildman–Crippen LogP) is 2.85. The fourth-order valence-corrected chi connectivity index (χ4v) is 1.50. The summed E-state index contributed by atoms with van der Waals surface area (Å²) >= 11 is 0. The molecule has 0 atom stereocenters. The second-order valence-corrected chi connectivity index (χ2v) is 4.74. The van der Waals surface area contributed by atoms with Gasteiger partial charge >= 0.3 is 0 Å². The van der Waals surface area contributed by atoms with E-state index in [1.807, 2.05) is 0 Å². The first-order valence-corrected chi connectivity index (χ1v) is 6.48. The maximum absolute atomic E-state index is 10.9. The summed E-state index contributed by atoms with van der Waals surface area (Å²) in [6, 6.07) is 3.93. The molecule has 0 N–H and O–H groups in total. The van der Waals surface area contributed by atoms with Gasteiger partial charge in [-0.05, 0) is 18.4 Å². The van der Waals surface area contributed by atoms with Crippen molar-refractivity contribution in [2.45, 2.75) is 20.3 Å². The molecule has 0 saturated carbocycles. The number of benzene rings is 1. The number of carbonyl (C=O) groups excluding carboxylic acids is 1. The molecule has 0 unspecified atom stereocenters. The van der Waals surface area contributed by atoms with E-state index in [-0.39, 0.29) is 11.3 Å². The second kappa shape index (κ2) is 8.27. The highest BCUT2D eigenvalue weighted by Gasteiger charge is 2.11. The Kier molecular flexibility index (Phi) is 6.66. The first kappa shape index (κ1) is 16.1. The summed E-state index contributed by atoms with van der Waals surface area (Å²) < 4.78 is 10.8. The Bertz CT molecular complexity index is 459. The topological polar surface area (TPSA) is 78.7 Å². The van der Waals surface area contributed by atoms with Crippen molar-refractivity contribution in [3.63, 3.8) is 0 Å². The van der Waals surface area contributed by atoms with Gasteiger partial charge in [0.1, 0.15) is 12.4 Å². The molecule has 1 aromatic carbocycles. The van der Waals surface area contributed by atoms with Gasteiger partial charge in [-0.2, -0.15) is 0 Å². The largest absolute Gasteiger partial charge is 0.490 e. The number of hydrogen-bond donors (Lipinski definition) is 0. The Morgan fingerprint density at radius 2 is 2.05 bits per heavy atom. The molecular formula is C14H19NO5. The molecule has 1 aromatic rings. The van der Waals surface area contributed by atoms with Crippen molar-refractivity contribution in [2.75, 3.05) is 19.8 Å². The third-order valence-electron chi connectivity index (χ3n) is 2.66. The number of rotatable bonds is 9. The zero-order valence-corrected chi connectivity index (χ0v) is 11.7. The maximum atomic E-state index is 10.9. The van der Waals surface area contributed by atoms with Gasteiger partial charge in [0.15, 0.2) is 6.29 Å². The first-order chi connectivity index (χ1) is 9.54. The Balaban J connectivity index is 2.43. The molecule has 1 rings (SSSR count). The van der Waals surface area contributed by atoms with Gasteiger partial charge in [0, 0.05) is 18.7 Å². The van der Waals surface area contributed by atoms with Gasteiger partial charge in [-0.1, -0.05) is 13.8 Å². The van der Waals surface area contributed by atoms with Gasteiger partial charge in [-0.15, -0.1) is 0 Å².